The summed E-state index contributed by atoms with van der Waals surface area (Å²) in [6.07, 6.45) is 2.25. The molecule has 0 spiro atoms. The van der Waals surface area contributed by atoms with E-state index in [1.807, 2.05) is 11.3 Å². The van der Waals surface area contributed by atoms with Crippen LogP contribution in [0.1, 0.15) is 34.9 Å². The number of likely N-dealkylation sites (tertiary alicyclic amines) is 1. The van der Waals surface area contributed by atoms with Crippen LogP contribution in [-0.4, -0.2) is 54.3 Å². The van der Waals surface area contributed by atoms with Gasteiger partial charge in [0, 0.05) is 43.0 Å². The van der Waals surface area contributed by atoms with Crippen molar-refractivity contribution in [1.82, 2.24) is 14.9 Å². The van der Waals surface area contributed by atoms with E-state index in [1.54, 1.807) is 6.07 Å². The van der Waals surface area contributed by atoms with Crippen LogP contribution in [0.2, 0.25) is 0 Å². The Morgan fingerprint density at radius 2 is 2.19 bits per heavy atom. The molecular weight excluding hydrogens is 348 g/mol. The van der Waals surface area contributed by atoms with E-state index < -0.39 is 0 Å². The fraction of sp³-hybridized carbons (Fsp3) is 0.579. The van der Waals surface area contributed by atoms with Crippen LogP contribution in [0, 0.1) is 6.92 Å². The average Bonchev–Trinajstić information content (AvgIpc) is 3.07. The highest BCUT2D eigenvalue weighted by molar-refractivity contribution is 7.10. The van der Waals surface area contributed by atoms with Crippen molar-refractivity contribution in [2.75, 3.05) is 44.3 Å². The molecule has 26 heavy (non-hydrogen) atoms. The number of aryl methyl sites for hydroxylation is 1. The second-order valence-electron chi connectivity index (χ2n) is 7.19. The van der Waals surface area contributed by atoms with Gasteiger partial charge in [0.15, 0.2) is 0 Å². The number of rotatable bonds is 4. The molecule has 2 aliphatic rings. The summed E-state index contributed by atoms with van der Waals surface area (Å²) in [5, 5.41) is 2.17. The summed E-state index contributed by atoms with van der Waals surface area (Å²) in [6, 6.07) is 3.88. The summed E-state index contributed by atoms with van der Waals surface area (Å²) >= 11 is 1.83. The molecule has 2 aromatic heterocycles. The second kappa shape index (κ2) is 7.90. The van der Waals surface area contributed by atoms with Crippen LogP contribution < -0.4 is 10.5 Å². The average molecular weight is 375 g/mol. The number of H-pyrrole nitrogens is 1. The first-order valence-corrected chi connectivity index (χ1v) is 10.3. The molecule has 1 atom stereocenters. The summed E-state index contributed by atoms with van der Waals surface area (Å²) < 4.78 is 5.40. The molecule has 140 valence electrons. The zero-order valence-corrected chi connectivity index (χ0v) is 16.1. The Kier molecular flexibility index (Phi) is 5.38. The molecule has 0 amide bonds. The molecule has 0 radical (unpaired) electrons. The van der Waals surface area contributed by atoms with Gasteiger partial charge in [-0.25, -0.2) is 4.98 Å². The van der Waals surface area contributed by atoms with Crippen LogP contribution in [0.15, 0.2) is 22.3 Å². The van der Waals surface area contributed by atoms with Gasteiger partial charge in [-0.05, 0) is 43.3 Å². The molecule has 2 aromatic rings. The molecule has 4 rings (SSSR count). The standard InChI is InChI=1S/C19H26N4O2S/c1-14-4-10-26-17(14)13-22-5-2-3-15(12-22)16-11-18(24)21-19(20-16)23-6-8-25-9-7-23/h4,10-11,15H,2-3,5-9,12-13H2,1H3,(H,20,21,24)/t15-/m1/s1. The van der Waals surface area contributed by atoms with Crippen LogP contribution in [0.5, 0.6) is 0 Å². The van der Waals surface area contributed by atoms with E-state index in [-0.39, 0.29) is 5.56 Å². The van der Waals surface area contributed by atoms with E-state index in [2.05, 4.69) is 33.2 Å². The first-order valence-electron chi connectivity index (χ1n) is 9.38. The molecule has 0 saturated carbocycles. The molecule has 0 aromatic carbocycles. The van der Waals surface area contributed by atoms with Crippen LogP contribution in [0.25, 0.3) is 0 Å². The number of aromatic amines is 1. The monoisotopic (exact) mass is 374 g/mol. The summed E-state index contributed by atoms with van der Waals surface area (Å²) in [7, 11) is 0. The molecule has 0 aliphatic carbocycles. The maximum atomic E-state index is 12.2. The quantitative estimate of drug-likeness (QED) is 0.890. The highest BCUT2D eigenvalue weighted by atomic mass is 32.1. The largest absolute Gasteiger partial charge is 0.378 e. The van der Waals surface area contributed by atoms with E-state index in [0.29, 0.717) is 25.1 Å². The summed E-state index contributed by atoms with van der Waals surface area (Å²) in [6.45, 7) is 8.20. The van der Waals surface area contributed by atoms with Gasteiger partial charge >= 0.3 is 0 Å². The predicted molar refractivity (Wildman–Crippen MR) is 104 cm³/mol. The minimum atomic E-state index is -0.0530. The van der Waals surface area contributed by atoms with Gasteiger partial charge in [-0.1, -0.05) is 0 Å². The lowest BCUT2D eigenvalue weighted by molar-refractivity contribution is 0.122. The number of anilines is 1. The SMILES string of the molecule is Cc1ccsc1CN1CCC[C@@H](c2cc(=O)[nH]c(N3CCOCC3)n2)C1. The molecule has 0 unspecified atom stereocenters. The van der Waals surface area contributed by atoms with Crippen LogP contribution in [-0.2, 0) is 11.3 Å². The van der Waals surface area contributed by atoms with Crippen molar-refractivity contribution < 1.29 is 4.74 Å². The Balaban J connectivity index is 1.50. The van der Waals surface area contributed by atoms with Gasteiger partial charge in [-0.3, -0.25) is 14.7 Å². The Morgan fingerprint density at radius 3 is 2.96 bits per heavy atom. The Morgan fingerprint density at radius 1 is 1.35 bits per heavy atom. The van der Waals surface area contributed by atoms with Crippen molar-refractivity contribution in [1.29, 1.82) is 0 Å². The number of hydrogen-bond donors (Lipinski definition) is 1. The zero-order chi connectivity index (χ0) is 17.9. The van der Waals surface area contributed by atoms with Gasteiger partial charge in [0.25, 0.3) is 5.56 Å². The van der Waals surface area contributed by atoms with Crippen molar-refractivity contribution in [3.05, 3.63) is 44.0 Å². The number of nitrogens with zero attached hydrogens (tertiary/aromatic N) is 3. The number of aromatic nitrogens is 2. The lowest BCUT2D eigenvalue weighted by atomic mass is 9.94. The molecule has 2 fully saturated rings. The third-order valence-electron chi connectivity index (χ3n) is 5.32. The number of hydrogen-bond acceptors (Lipinski definition) is 6. The zero-order valence-electron chi connectivity index (χ0n) is 15.2. The number of morpholine rings is 1. The van der Waals surface area contributed by atoms with E-state index >= 15 is 0 Å². The topological polar surface area (TPSA) is 61.5 Å². The van der Waals surface area contributed by atoms with Gasteiger partial charge in [0.2, 0.25) is 5.95 Å². The Labute approximate surface area is 157 Å². The summed E-state index contributed by atoms with van der Waals surface area (Å²) in [4.78, 5) is 26.0. The highest BCUT2D eigenvalue weighted by Crippen LogP contribution is 2.28. The van der Waals surface area contributed by atoms with Gasteiger partial charge in [-0.2, -0.15) is 0 Å². The van der Waals surface area contributed by atoms with Crippen LogP contribution in [0.3, 0.4) is 0 Å². The highest BCUT2D eigenvalue weighted by Gasteiger charge is 2.25. The summed E-state index contributed by atoms with van der Waals surface area (Å²) in [5.41, 5.74) is 2.26. The van der Waals surface area contributed by atoms with E-state index in [1.165, 1.54) is 10.4 Å². The normalized spacial score (nSPS) is 21.9. The lowest BCUT2D eigenvalue weighted by Gasteiger charge is -2.33. The smallest absolute Gasteiger partial charge is 0.252 e. The van der Waals surface area contributed by atoms with Gasteiger partial charge in [0.1, 0.15) is 0 Å². The van der Waals surface area contributed by atoms with Crippen molar-refractivity contribution in [3.8, 4) is 0 Å². The fourth-order valence-corrected chi connectivity index (χ4v) is 4.75. The molecule has 6 nitrogen and oxygen atoms in total. The fourth-order valence-electron chi connectivity index (χ4n) is 3.81. The maximum absolute atomic E-state index is 12.2. The van der Waals surface area contributed by atoms with Crippen LogP contribution >= 0.6 is 11.3 Å². The molecule has 2 aliphatic heterocycles. The third kappa shape index (κ3) is 4.00. The third-order valence-corrected chi connectivity index (χ3v) is 6.33. The number of ether oxygens (including phenoxy) is 1. The molecule has 7 heteroatoms. The molecule has 0 bridgehead atoms. The second-order valence-corrected chi connectivity index (χ2v) is 8.20. The van der Waals surface area contributed by atoms with Gasteiger partial charge in [0.05, 0.1) is 18.9 Å². The molecule has 4 heterocycles. The minimum absolute atomic E-state index is 0.0530. The Bertz CT molecular complexity index is 797. The number of piperidine rings is 1. The van der Waals surface area contributed by atoms with Crippen molar-refractivity contribution in [2.24, 2.45) is 0 Å². The van der Waals surface area contributed by atoms with Crippen LogP contribution in [0.4, 0.5) is 5.95 Å². The van der Waals surface area contributed by atoms with Crippen molar-refractivity contribution in [2.45, 2.75) is 32.2 Å². The van der Waals surface area contributed by atoms with Gasteiger partial charge in [-0.15, -0.1) is 11.3 Å². The maximum Gasteiger partial charge on any atom is 0.252 e. The first kappa shape index (κ1) is 17.7. The van der Waals surface area contributed by atoms with Gasteiger partial charge < -0.3 is 9.64 Å². The Hall–Kier alpha value is -1.70. The van der Waals surface area contributed by atoms with E-state index in [4.69, 9.17) is 9.72 Å². The molecule has 1 N–H and O–H groups in total. The lowest BCUT2D eigenvalue weighted by Crippen LogP contribution is -2.39. The van der Waals surface area contributed by atoms with E-state index in [9.17, 15) is 4.79 Å². The summed E-state index contributed by atoms with van der Waals surface area (Å²) in [5.74, 6) is 1.02. The molecule has 2 saturated heterocycles. The first-order chi connectivity index (χ1) is 12.7. The van der Waals surface area contributed by atoms with E-state index in [0.717, 1.165) is 51.3 Å². The number of thiophene rings is 1. The van der Waals surface area contributed by atoms with Crippen molar-refractivity contribution in [3.63, 3.8) is 0 Å². The van der Waals surface area contributed by atoms with Crippen molar-refractivity contribution >= 4 is 17.3 Å². The predicted octanol–water partition coefficient (Wildman–Crippen LogP) is 2.36. The minimum Gasteiger partial charge on any atom is -0.378 e. The molecular formula is C19H26N4O2S. The number of nitrogens with one attached hydrogen (secondary N) is 1.